The van der Waals surface area contributed by atoms with Crippen molar-refractivity contribution in [1.29, 1.82) is 0 Å². The Labute approximate surface area is 349 Å². The molecule has 5 nitrogen and oxygen atoms in total. The van der Waals surface area contributed by atoms with Crippen molar-refractivity contribution in [3.63, 3.8) is 0 Å². The van der Waals surface area contributed by atoms with Crippen molar-refractivity contribution in [3.05, 3.63) is 208 Å². The Hall–Kier alpha value is -4.69. The van der Waals surface area contributed by atoms with E-state index in [1.54, 1.807) is 7.11 Å². The van der Waals surface area contributed by atoms with Gasteiger partial charge >= 0.3 is 0 Å². The number of hydrogen-bond donors (Lipinski definition) is 0. The number of thioether (sulfide) groups is 1. The molecule has 5 atom stereocenters. The molecule has 1 heterocycles. The van der Waals surface area contributed by atoms with E-state index in [0.717, 1.165) is 40.0 Å². The van der Waals surface area contributed by atoms with Crippen LogP contribution in [0.3, 0.4) is 0 Å². The van der Waals surface area contributed by atoms with Crippen molar-refractivity contribution >= 4 is 11.8 Å². The quantitative estimate of drug-likeness (QED) is 0.0864. The molecule has 0 spiro atoms. The fourth-order valence-corrected chi connectivity index (χ4v) is 9.27. The van der Waals surface area contributed by atoms with Gasteiger partial charge in [0.05, 0.1) is 50.6 Å². The van der Waals surface area contributed by atoms with Gasteiger partial charge in [0.25, 0.3) is 0 Å². The first kappa shape index (κ1) is 41.5. The molecule has 0 saturated carbocycles. The van der Waals surface area contributed by atoms with E-state index >= 15 is 0 Å². The van der Waals surface area contributed by atoms with Gasteiger partial charge < -0.3 is 23.7 Å². The number of benzene rings is 6. The summed E-state index contributed by atoms with van der Waals surface area (Å²) in [4.78, 5) is 0. The number of methoxy groups -OCH3 is 1. The predicted octanol–water partition coefficient (Wildman–Crippen LogP) is 11.8. The van der Waals surface area contributed by atoms with E-state index in [1.807, 2.05) is 36.0 Å². The first-order valence-electron chi connectivity index (χ1n) is 20.4. The highest BCUT2D eigenvalue weighted by Crippen LogP contribution is 2.50. The molecule has 0 aliphatic carbocycles. The van der Waals surface area contributed by atoms with E-state index in [-0.39, 0.29) is 16.6 Å². The number of ether oxygens (including phenoxy) is 5. The highest BCUT2D eigenvalue weighted by molar-refractivity contribution is 8.00. The second-order valence-corrected chi connectivity index (χ2v) is 16.9. The van der Waals surface area contributed by atoms with Gasteiger partial charge in [0, 0.05) is 5.56 Å². The zero-order valence-electron chi connectivity index (χ0n) is 34.2. The Morgan fingerprint density at radius 2 is 1.02 bits per heavy atom. The summed E-state index contributed by atoms with van der Waals surface area (Å²) in [5.74, 6) is 1.33. The fraction of sp³-hybridized carbons (Fsp3) is 0.308. The second-order valence-electron chi connectivity index (χ2n) is 15.5. The Kier molecular flexibility index (Phi) is 14.9. The van der Waals surface area contributed by atoms with Crippen molar-refractivity contribution in [2.45, 2.75) is 88.3 Å². The lowest BCUT2D eigenvalue weighted by Crippen LogP contribution is -2.54. The summed E-state index contributed by atoms with van der Waals surface area (Å²) >= 11 is 1.85. The molecule has 1 aliphatic heterocycles. The molecular weight excluding hydrogens is 737 g/mol. The molecule has 0 unspecified atom stereocenters. The van der Waals surface area contributed by atoms with Crippen LogP contribution in [0, 0.1) is 6.92 Å². The van der Waals surface area contributed by atoms with Crippen molar-refractivity contribution < 1.29 is 23.7 Å². The maximum atomic E-state index is 7.14. The van der Waals surface area contributed by atoms with E-state index in [1.165, 1.54) is 22.3 Å². The molecular formula is C52H56O5S. The third-order valence-electron chi connectivity index (χ3n) is 10.9. The molecule has 1 fully saturated rings. The van der Waals surface area contributed by atoms with E-state index in [0.29, 0.717) is 39.0 Å². The average Bonchev–Trinajstić information content (AvgIpc) is 3.26. The Morgan fingerprint density at radius 3 is 1.52 bits per heavy atom. The second kappa shape index (κ2) is 20.8. The largest absolute Gasteiger partial charge is 0.496 e. The van der Waals surface area contributed by atoms with E-state index in [2.05, 4.69) is 154 Å². The van der Waals surface area contributed by atoms with Crippen molar-refractivity contribution in [3.8, 4) is 5.75 Å². The smallest absolute Gasteiger partial charge is 0.123 e. The van der Waals surface area contributed by atoms with Crippen LogP contribution in [0.2, 0.25) is 0 Å². The van der Waals surface area contributed by atoms with Crippen LogP contribution in [0.4, 0.5) is 0 Å². The first-order chi connectivity index (χ1) is 28.4. The summed E-state index contributed by atoms with van der Waals surface area (Å²) < 4.78 is 34.1. The maximum Gasteiger partial charge on any atom is 0.123 e. The summed E-state index contributed by atoms with van der Waals surface area (Å²) in [6.07, 6.45) is -0.372. The number of rotatable bonds is 18. The van der Waals surface area contributed by atoms with Gasteiger partial charge in [-0.3, -0.25) is 0 Å². The third-order valence-corrected chi connectivity index (χ3v) is 12.5. The van der Waals surface area contributed by atoms with Crippen molar-refractivity contribution in [1.82, 2.24) is 0 Å². The predicted molar refractivity (Wildman–Crippen MR) is 236 cm³/mol. The topological polar surface area (TPSA) is 46.2 Å². The molecule has 58 heavy (non-hydrogen) atoms. The van der Waals surface area contributed by atoms with Gasteiger partial charge in [-0.25, -0.2) is 0 Å². The van der Waals surface area contributed by atoms with Crippen LogP contribution >= 0.6 is 11.8 Å². The fourth-order valence-electron chi connectivity index (χ4n) is 7.61. The minimum absolute atomic E-state index is 0.0900. The van der Waals surface area contributed by atoms with Crippen LogP contribution in [0.25, 0.3) is 0 Å². The SMILES string of the molecule is COc1cc(C)c(Cc2ccc(C(C)C)cc2)cc1[C@@H]1S[C@H](COCc2ccccc2)[C@@H](OCc2ccccc2)[C@H](OCc2ccccc2)[C@H]1OCc1ccccc1. The van der Waals surface area contributed by atoms with Crippen molar-refractivity contribution in [2.75, 3.05) is 13.7 Å². The Morgan fingerprint density at radius 1 is 0.534 bits per heavy atom. The minimum atomic E-state index is -0.442. The molecule has 1 aliphatic rings. The van der Waals surface area contributed by atoms with Gasteiger partial charge in [0.1, 0.15) is 24.1 Å². The van der Waals surface area contributed by atoms with Crippen molar-refractivity contribution in [2.24, 2.45) is 0 Å². The molecule has 6 aromatic rings. The normalized spacial score (nSPS) is 19.3. The van der Waals surface area contributed by atoms with Gasteiger partial charge in [-0.05, 0) is 69.8 Å². The lowest BCUT2D eigenvalue weighted by atomic mass is 9.91. The molecule has 7 rings (SSSR count). The van der Waals surface area contributed by atoms with Crippen LogP contribution < -0.4 is 4.74 Å². The zero-order chi connectivity index (χ0) is 40.1. The first-order valence-corrected chi connectivity index (χ1v) is 21.4. The van der Waals surface area contributed by atoms with Gasteiger partial charge in [0.2, 0.25) is 0 Å². The number of aryl methyl sites for hydroxylation is 1. The summed E-state index contributed by atoms with van der Waals surface area (Å²) in [5, 5.41) is -0.253. The minimum Gasteiger partial charge on any atom is -0.496 e. The van der Waals surface area contributed by atoms with Gasteiger partial charge in [-0.15, -0.1) is 11.8 Å². The van der Waals surface area contributed by atoms with Crippen LogP contribution in [0.1, 0.15) is 75.1 Å². The van der Waals surface area contributed by atoms with Gasteiger partial charge in [-0.2, -0.15) is 0 Å². The lowest BCUT2D eigenvalue weighted by molar-refractivity contribution is -0.160. The Bertz CT molecular complexity index is 2110. The molecule has 300 valence electrons. The van der Waals surface area contributed by atoms with Crippen LogP contribution in [0.5, 0.6) is 5.75 Å². The molecule has 0 amide bonds. The summed E-state index contributed by atoms with van der Waals surface area (Å²) in [5.41, 5.74) is 10.6. The molecule has 0 radical (unpaired) electrons. The van der Waals surface area contributed by atoms with Gasteiger partial charge in [0.15, 0.2) is 0 Å². The van der Waals surface area contributed by atoms with Crippen LogP contribution in [-0.2, 0) is 51.8 Å². The highest BCUT2D eigenvalue weighted by Gasteiger charge is 2.49. The monoisotopic (exact) mass is 792 g/mol. The van der Waals surface area contributed by atoms with Crippen LogP contribution in [0.15, 0.2) is 158 Å². The van der Waals surface area contributed by atoms with E-state index in [4.69, 9.17) is 23.7 Å². The van der Waals surface area contributed by atoms with Crippen LogP contribution in [-0.4, -0.2) is 37.3 Å². The summed E-state index contributed by atoms with van der Waals surface area (Å²) in [7, 11) is 1.77. The molecule has 6 aromatic carbocycles. The number of hydrogen-bond acceptors (Lipinski definition) is 6. The summed E-state index contributed by atoms with van der Waals surface area (Å²) in [6, 6.07) is 55.1. The molecule has 0 N–H and O–H groups in total. The average molecular weight is 793 g/mol. The van der Waals surface area contributed by atoms with Gasteiger partial charge in [-0.1, -0.05) is 166 Å². The highest BCUT2D eigenvalue weighted by atomic mass is 32.2. The molecule has 0 bridgehead atoms. The lowest BCUT2D eigenvalue weighted by Gasteiger charge is -2.46. The molecule has 1 saturated heterocycles. The Balaban J connectivity index is 1.29. The maximum absolute atomic E-state index is 7.14. The van der Waals surface area contributed by atoms with E-state index < -0.39 is 12.2 Å². The van der Waals surface area contributed by atoms with E-state index in [9.17, 15) is 0 Å². The summed E-state index contributed by atoms with van der Waals surface area (Å²) in [6.45, 7) is 8.91. The molecule has 0 aromatic heterocycles. The molecule has 6 heteroatoms. The zero-order valence-corrected chi connectivity index (χ0v) is 35.0. The third kappa shape index (κ3) is 11.1. The standard InChI is InChI=1S/C52H56O5S/c1-37(2)44-27-25-39(26-28-44)30-45-31-46(47(53-4)29-38(45)3)52-51(57-35-43-23-15-8-16-24-43)50(56-34-42-21-13-7-14-22-42)49(55-33-41-19-11-6-12-20-41)48(58-52)36-54-32-40-17-9-5-10-18-40/h5-29,31,37,48-52H,30,32-36H2,1-4H3/t48-,49-,50+,51-,52+/m1/s1.